The Balaban J connectivity index is 1.01. The molecule has 6 heteroatoms. The average Bonchev–Trinajstić information content (AvgIpc) is 4.10. The SMILES string of the molecule is c1ccc(-c2nc(-c3ccc(-n4c5ccccc5c5cc6ccccc6cc54)c(-c4cccc5oc6ccc7ccccc7c6c45)c3)nc(-c3ccc4c(c3)c3ccccc3n4-c3ccccc3)n2)cc1. The standard InChI is InChI=1S/C65H39N5O/c1-3-17-41(18-4-1)63-66-64(44-30-33-56-51(37-44)48-24-11-13-27-54(48)69(56)46-21-5-2-6-22-46)68-65(67-63)45-31-34-57(70-55-28-14-12-25-49(55)52-36-42-19-7-8-20-43(42)39-58(52)70)53(38-45)50-26-15-29-59-62(50)61-47-23-10-9-16-40(47)32-35-60(61)71-59/h1-39H. The molecule has 15 rings (SSSR count). The van der Waals surface area contributed by atoms with Crippen LogP contribution >= 0.6 is 0 Å². The molecule has 0 unspecified atom stereocenters. The summed E-state index contributed by atoms with van der Waals surface area (Å²) in [5, 5.41) is 11.5. The van der Waals surface area contributed by atoms with Crippen molar-refractivity contribution >= 4 is 87.1 Å². The van der Waals surface area contributed by atoms with E-state index in [1.165, 1.54) is 21.5 Å². The predicted octanol–water partition coefficient (Wildman–Crippen LogP) is 16.9. The highest BCUT2D eigenvalue weighted by atomic mass is 16.3. The second-order valence-electron chi connectivity index (χ2n) is 18.3. The quantitative estimate of drug-likeness (QED) is 0.167. The minimum atomic E-state index is 0.580. The number of aromatic nitrogens is 5. The maximum Gasteiger partial charge on any atom is 0.164 e. The van der Waals surface area contributed by atoms with E-state index in [-0.39, 0.29) is 0 Å². The smallest absolute Gasteiger partial charge is 0.164 e. The highest BCUT2D eigenvalue weighted by Crippen LogP contribution is 2.45. The fourth-order valence-electron chi connectivity index (χ4n) is 11.1. The zero-order valence-electron chi connectivity index (χ0n) is 38.2. The molecule has 0 saturated carbocycles. The molecule has 6 nitrogen and oxygen atoms in total. The van der Waals surface area contributed by atoms with Crippen LogP contribution in [0.1, 0.15) is 0 Å². The summed E-state index contributed by atoms with van der Waals surface area (Å²) in [4.78, 5) is 15.9. The molecule has 0 fully saturated rings. The lowest BCUT2D eigenvalue weighted by atomic mass is 9.94. The highest BCUT2D eigenvalue weighted by molar-refractivity contribution is 6.23. The molecular formula is C65H39N5O. The van der Waals surface area contributed by atoms with Gasteiger partial charge in [0.05, 0.1) is 27.8 Å². The first-order valence-corrected chi connectivity index (χ1v) is 24.0. The Kier molecular flexibility index (Phi) is 8.56. The largest absolute Gasteiger partial charge is 0.456 e. The van der Waals surface area contributed by atoms with Crippen LogP contribution in [0.3, 0.4) is 0 Å². The Morgan fingerprint density at radius 1 is 0.296 bits per heavy atom. The molecule has 0 aliphatic rings. The lowest BCUT2D eigenvalue weighted by Crippen LogP contribution is -2.02. The minimum Gasteiger partial charge on any atom is -0.456 e. The molecule has 330 valence electrons. The molecule has 0 atom stereocenters. The zero-order valence-corrected chi connectivity index (χ0v) is 38.2. The van der Waals surface area contributed by atoms with Gasteiger partial charge < -0.3 is 13.6 Å². The Morgan fingerprint density at radius 3 is 1.62 bits per heavy atom. The Morgan fingerprint density at radius 2 is 0.859 bits per heavy atom. The molecule has 0 saturated heterocycles. The van der Waals surface area contributed by atoms with Crippen molar-refractivity contribution in [3.63, 3.8) is 0 Å². The van der Waals surface area contributed by atoms with Gasteiger partial charge in [0.15, 0.2) is 17.5 Å². The number of para-hydroxylation sites is 3. The molecule has 0 aliphatic heterocycles. The van der Waals surface area contributed by atoms with Crippen LogP contribution < -0.4 is 0 Å². The van der Waals surface area contributed by atoms with Crippen LogP contribution in [0, 0.1) is 0 Å². The second kappa shape index (κ2) is 15.4. The van der Waals surface area contributed by atoms with Gasteiger partial charge in [-0.3, -0.25) is 0 Å². The molecule has 0 spiro atoms. The van der Waals surface area contributed by atoms with Crippen LogP contribution in [-0.4, -0.2) is 24.1 Å². The topological polar surface area (TPSA) is 61.7 Å². The summed E-state index contributed by atoms with van der Waals surface area (Å²) in [7, 11) is 0. The van der Waals surface area contributed by atoms with Crippen LogP contribution in [0.5, 0.6) is 0 Å². The van der Waals surface area contributed by atoms with Crippen LogP contribution in [0.2, 0.25) is 0 Å². The molecule has 71 heavy (non-hydrogen) atoms. The number of nitrogens with zero attached hydrogens (tertiary/aromatic N) is 5. The average molecular weight is 906 g/mol. The molecule has 0 radical (unpaired) electrons. The first-order valence-electron chi connectivity index (χ1n) is 24.0. The maximum absolute atomic E-state index is 6.73. The molecule has 0 amide bonds. The molecular weight excluding hydrogens is 867 g/mol. The number of hydrogen-bond acceptors (Lipinski definition) is 4. The van der Waals surface area contributed by atoms with E-state index in [1.54, 1.807) is 0 Å². The third-order valence-electron chi connectivity index (χ3n) is 14.3. The van der Waals surface area contributed by atoms with E-state index in [0.717, 1.165) is 105 Å². The number of hydrogen-bond donors (Lipinski definition) is 0. The number of rotatable bonds is 6. The van der Waals surface area contributed by atoms with Crippen molar-refractivity contribution in [1.82, 2.24) is 24.1 Å². The highest BCUT2D eigenvalue weighted by Gasteiger charge is 2.23. The molecule has 0 bridgehead atoms. The first-order chi connectivity index (χ1) is 35.2. The number of benzene rings is 11. The molecule has 4 heterocycles. The minimum absolute atomic E-state index is 0.580. The van der Waals surface area contributed by atoms with Crippen LogP contribution in [0.4, 0.5) is 0 Å². The van der Waals surface area contributed by atoms with E-state index in [0.29, 0.717) is 17.5 Å². The van der Waals surface area contributed by atoms with Crippen molar-refractivity contribution in [3.05, 3.63) is 237 Å². The van der Waals surface area contributed by atoms with Crippen molar-refractivity contribution in [2.24, 2.45) is 0 Å². The molecule has 15 aromatic rings. The van der Waals surface area contributed by atoms with Gasteiger partial charge in [-0.05, 0) is 112 Å². The monoisotopic (exact) mass is 905 g/mol. The van der Waals surface area contributed by atoms with Crippen molar-refractivity contribution in [3.8, 4) is 56.7 Å². The Labute approximate surface area is 407 Å². The summed E-state index contributed by atoms with van der Waals surface area (Å²) < 4.78 is 11.5. The van der Waals surface area contributed by atoms with Gasteiger partial charge in [-0.1, -0.05) is 152 Å². The molecule has 0 N–H and O–H groups in total. The third kappa shape index (κ3) is 6.11. The van der Waals surface area contributed by atoms with E-state index in [9.17, 15) is 0 Å². The van der Waals surface area contributed by atoms with Crippen molar-refractivity contribution in [1.29, 1.82) is 0 Å². The Bertz CT molecular complexity index is 4640. The fraction of sp³-hybridized carbons (Fsp3) is 0. The zero-order chi connectivity index (χ0) is 46.6. The van der Waals surface area contributed by atoms with Crippen LogP contribution in [-0.2, 0) is 0 Å². The van der Waals surface area contributed by atoms with Crippen molar-refractivity contribution < 1.29 is 4.42 Å². The first kappa shape index (κ1) is 39.4. The van der Waals surface area contributed by atoms with E-state index in [4.69, 9.17) is 19.4 Å². The predicted molar refractivity (Wildman–Crippen MR) is 293 cm³/mol. The lowest BCUT2D eigenvalue weighted by Gasteiger charge is -2.17. The lowest BCUT2D eigenvalue weighted by molar-refractivity contribution is 0.669. The van der Waals surface area contributed by atoms with E-state index in [1.807, 2.05) is 18.2 Å². The molecule has 0 aliphatic carbocycles. The van der Waals surface area contributed by atoms with Gasteiger partial charge in [0, 0.05) is 60.3 Å². The summed E-state index contributed by atoms with van der Waals surface area (Å²) in [5.74, 6) is 1.78. The fourth-order valence-corrected chi connectivity index (χ4v) is 11.1. The van der Waals surface area contributed by atoms with E-state index >= 15 is 0 Å². The van der Waals surface area contributed by atoms with E-state index < -0.39 is 0 Å². The Hall–Kier alpha value is -9.65. The third-order valence-corrected chi connectivity index (χ3v) is 14.3. The second-order valence-corrected chi connectivity index (χ2v) is 18.3. The maximum atomic E-state index is 6.73. The normalized spacial score (nSPS) is 11.9. The summed E-state index contributed by atoms with van der Waals surface area (Å²) >= 11 is 0. The van der Waals surface area contributed by atoms with Crippen molar-refractivity contribution in [2.45, 2.75) is 0 Å². The molecule has 4 aromatic heterocycles. The van der Waals surface area contributed by atoms with Crippen molar-refractivity contribution in [2.75, 3.05) is 0 Å². The number of furan rings is 1. The van der Waals surface area contributed by atoms with E-state index in [2.05, 4.69) is 228 Å². The van der Waals surface area contributed by atoms with Crippen LogP contribution in [0.25, 0.3) is 144 Å². The van der Waals surface area contributed by atoms with Gasteiger partial charge in [0.1, 0.15) is 11.2 Å². The summed E-state index contributed by atoms with van der Waals surface area (Å²) in [6, 6.07) is 83.9. The number of fused-ring (bicyclic) bond motifs is 12. The summed E-state index contributed by atoms with van der Waals surface area (Å²) in [5.41, 5.74) is 13.1. The van der Waals surface area contributed by atoms with Gasteiger partial charge in [-0.2, -0.15) is 0 Å². The van der Waals surface area contributed by atoms with Gasteiger partial charge in [0.25, 0.3) is 0 Å². The van der Waals surface area contributed by atoms with Gasteiger partial charge >= 0.3 is 0 Å². The van der Waals surface area contributed by atoms with Crippen LogP contribution in [0.15, 0.2) is 241 Å². The van der Waals surface area contributed by atoms with Gasteiger partial charge in [0.2, 0.25) is 0 Å². The van der Waals surface area contributed by atoms with Gasteiger partial charge in [-0.25, -0.2) is 15.0 Å². The van der Waals surface area contributed by atoms with Gasteiger partial charge in [-0.15, -0.1) is 0 Å². The molecule has 11 aromatic carbocycles. The summed E-state index contributed by atoms with van der Waals surface area (Å²) in [6.45, 7) is 0. The summed E-state index contributed by atoms with van der Waals surface area (Å²) in [6.07, 6.45) is 0.